The van der Waals surface area contributed by atoms with Crippen molar-refractivity contribution in [1.82, 2.24) is 0 Å². The molecule has 1 amide bonds. The number of benzene rings is 2. The van der Waals surface area contributed by atoms with E-state index in [1.54, 1.807) is 12.1 Å². The van der Waals surface area contributed by atoms with Gasteiger partial charge in [0.05, 0.1) is 17.8 Å². The number of nitrogens with one attached hydrogen (secondary N) is 1. The molecular formula is C19H16Cl2FNO4. The van der Waals surface area contributed by atoms with Gasteiger partial charge in [-0.05, 0) is 43.3 Å². The fourth-order valence-electron chi connectivity index (χ4n) is 2.10. The van der Waals surface area contributed by atoms with Crippen LogP contribution in [0.15, 0.2) is 42.5 Å². The van der Waals surface area contributed by atoms with Crippen molar-refractivity contribution in [3.63, 3.8) is 0 Å². The van der Waals surface area contributed by atoms with Crippen molar-refractivity contribution in [3.05, 3.63) is 63.9 Å². The van der Waals surface area contributed by atoms with Crippen LogP contribution in [0.5, 0.6) is 5.75 Å². The topological polar surface area (TPSA) is 64.6 Å². The molecule has 0 saturated heterocycles. The van der Waals surface area contributed by atoms with E-state index >= 15 is 0 Å². The molecule has 2 aromatic carbocycles. The van der Waals surface area contributed by atoms with Gasteiger partial charge in [0.2, 0.25) is 0 Å². The summed E-state index contributed by atoms with van der Waals surface area (Å²) in [5.74, 6) is -1.58. The average Bonchev–Trinajstić information content (AvgIpc) is 2.61. The van der Waals surface area contributed by atoms with Gasteiger partial charge in [-0.2, -0.15) is 0 Å². The molecule has 1 N–H and O–H groups in total. The van der Waals surface area contributed by atoms with Crippen molar-refractivity contribution >= 4 is 46.8 Å². The molecule has 0 aliphatic heterocycles. The number of esters is 1. The summed E-state index contributed by atoms with van der Waals surface area (Å²) >= 11 is 11.8. The van der Waals surface area contributed by atoms with Crippen molar-refractivity contribution in [3.8, 4) is 5.75 Å². The minimum absolute atomic E-state index is 0.0527. The monoisotopic (exact) mass is 411 g/mol. The molecule has 2 rings (SSSR count). The van der Waals surface area contributed by atoms with Crippen molar-refractivity contribution in [1.29, 1.82) is 0 Å². The van der Waals surface area contributed by atoms with E-state index in [1.165, 1.54) is 44.4 Å². The van der Waals surface area contributed by atoms with Crippen LogP contribution in [-0.2, 0) is 14.3 Å². The maximum atomic E-state index is 13.7. The predicted molar refractivity (Wildman–Crippen MR) is 103 cm³/mol. The van der Waals surface area contributed by atoms with E-state index in [9.17, 15) is 14.0 Å². The van der Waals surface area contributed by atoms with E-state index in [-0.39, 0.29) is 10.6 Å². The van der Waals surface area contributed by atoms with Crippen LogP contribution in [0.2, 0.25) is 10.0 Å². The smallest absolute Gasteiger partial charge is 0.331 e. The fraction of sp³-hybridized carbons (Fsp3) is 0.158. The second-order valence-corrected chi connectivity index (χ2v) is 6.23. The highest BCUT2D eigenvalue weighted by Crippen LogP contribution is 2.28. The summed E-state index contributed by atoms with van der Waals surface area (Å²) in [5.41, 5.74) is 0.392. The quantitative estimate of drug-likeness (QED) is 0.551. The molecule has 27 heavy (non-hydrogen) atoms. The summed E-state index contributed by atoms with van der Waals surface area (Å²) in [5, 5.41) is 3.12. The molecule has 0 heterocycles. The van der Waals surface area contributed by atoms with Crippen molar-refractivity contribution in [2.24, 2.45) is 0 Å². The number of amides is 1. The highest BCUT2D eigenvalue weighted by atomic mass is 35.5. The van der Waals surface area contributed by atoms with Crippen molar-refractivity contribution in [2.75, 3.05) is 12.4 Å². The van der Waals surface area contributed by atoms with Gasteiger partial charge >= 0.3 is 5.97 Å². The number of hydrogen-bond acceptors (Lipinski definition) is 4. The van der Waals surface area contributed by atoms with Crippen LogP contribution in [0.1, 0.15) is 12.5 Å². The van der Waals surface area contributed by atoms with Gasteiger partial charge in [-0.15, -0.1) is 0 Å². The van der Waals surface area contributed by atoms with Crippen LogP contribution in [0.25, 0.3) is 6.08 Å². The lowest BCUT2D eigenvalue weighted by molar-refractivity contribution is -0.148. The third-order valence-corrected chi connectivity index (χ3v) is 4.03. The Bertz CT molecular complexity index is 866. The van der Waals surface area contributed by atoms with Gasteiger partial charge in [0.15, 0.2) is 6.10 Å². The minimum atomic E-state index is -1.11. The molecule has 0 bridgehead atoms. The Kier molecular flexibility index (Phi) is 7.21. The van der Waals surface area contributed by atoms with E-state index < -0.39 is 23.8 Å². The summed E-state index contributed by atoms with van der Waals surface area (Å²) in [6.07, 6.45) is 1.07. The number of anilines is 1. The molecular weight excluding hydrogens is 396 g/mol. The van der Waals surface area contributed by atoms with Crippen LogP contribution in [-0.4, -0.2) is 25.1 Å². The van der Waals surface area contributed by atoms with Crippen LogP contribution >= 0.6 is 23.2 Å². The predicted octanol–water partition coefficient (Wildman–Crippen LogP) is 4.72. The Morgan fingerprint density at radius 1 is 1.22 bits per heavy atom. The number of carbonyl (C=O) groups is 2. The molecule has 0 fully saturated rings. The SMILES string of the molecule is COc1ccc(Cl)cc1NC(=O)[C@H](C)OC(=O)/C=C/c1c(F)cccc1Cl. The number of carbonyl (C=O) groups excluding carboxylic acids is 2. The highest BCUT2D eigenvalue weighted by molar-refractivity contribution is 6.32. The molecule has 0 aliphatic carbocycles. The zero-order chi connectivity index (χ0) is 20.0. The molecule has 0 saturated carbocycles. The van der Waals surface area contributed by atoms with Crippen LogP contribution < -0.4 is 10.1 Å². The molecule has 0 aliphatic rings. The second-order valence-electron chi connectivity index (χ2n) is 5.38. The summed E-state index contributed by atoms with van der Waals surface area (Å²) in [6, 6.07) is 8.86. The van der Waals surface area contributed by atoms with E-state index in [0.717, 1.165) is 6.08 Å². The first-order valence-corrected chi connectivity index (χ1v) is 8.54. The normalized spacial score (nSPS) is 11.9. The maximum absolute atomic E-state index is 13.7. The first-order valence-electron chi connectivity index (χ1n) is 7.79. The van der Waals surface area contributed by atoms with E-state index in [1.807, 2.05) is 0 Å². The van der Waals surface area contributed by atoms with Crippen LogP contribution in [0.3, 0.4) is 0 Å². The van der Waals surface area contributed by atoms with E-state index in [0.29, 0.717) is 16.5 Å². The van der Waals surface area contributed by atoms with Gasteiger partial charge in [-0.1, -0.05) is 29.3 Å². The van der Waals surface area contributed by atoms with Crippen molar-refractivity contribution in [2.45, 2.75) is 13.0 Å². The number of rotatable bonds is 6. The molecule has 8 heteroatoms. The van der Waals surface area contributed by atoms with Gasteiger partial charge in [0, 0.05) is 16.7 Å². The summed E-state index contributed by atoms with van der Waals surface area (Å²) in [4.78, 5) is 24.1. The third-order valence-electron chi connectivity index (χ3n) is 3.47. The average molecular weight is 412 g/mol. The molecule has 0 unspecified atom stereocenters. The fourth-order valence-corrected chi connectivity index (χ4v) is 2.50. The highest BCUT2D eigenvalue weighted by Gasteiger charge is 2.18. The maximum Gasteiger partial charge on any atom is 0.331 e. The zero-order valence-electron chi connectivity index (χ0n) is 14.5. The molecule has 0 radical (unpaired) electrons. The Labute approximate surface area is 165 Å². The lowest BCUT2D eigenvalue weighted by Gasteiger charge is -2.14. The summed E-state index contributed by atoms with van der Waals surface area (Å²) < 4.78 is 23.8. The molecule has 0 aromatic heterocycles. The Morgan fingerprint density at radius 2 is 1.96 bits per heavy atom. The van der Waals surface area contributed by atoms with Crippen molar-refractivity contribution < 1.29 is 23.5 Å². The number of methoxy groups -OCH3 is 1. The lowest BCUT2D eigenvalue weighted by atomic mass is 10.2. The Balaban J connectivity index is 2.01. The van der Waals surface area contributed by atoms with E-state index in [4.69, 9.17) is 32.7 Å². The second kappa shape index (κ2) is 9.39. The van der Waals surface area contributed by atoms with E-state index in [2.05, 4.69) is 5.32 Å². The summed E-state index contributed by atoms with van der Waals surface area (Å²) in [7, 11) is 1.45. The third kappa shape index (κ3) is 5.70. The zero-order valence-corrected chi connectivity index (χ0v) is 16.0. The largest absolute Gasteiger partial charge is 0.495 e. The molecule has 2 aromatic rings. The lowest BCUT2D eigenvalue weighted by Crippen LogP contribution is -2.29. The molecule has 5 nitrogen and oxygen atoms in total. The first kappa shape index (κ1) is 20.7. The first-order chi connectivity index (χ1) is 12.8. The van der Waals surface area contributed by atoms with Gasteiger partial charge in [0.1, 0.15) is 11.6 Å². The standard InChI is InChI=1S/C19H16Cl2FNO4/c1-11(19(25)23-16-10-12(20)6-8-17(16)26-2)27-18(24)9-7-13-14(21)4-3-5-15(13)22/h3-11H,1-2H3,(H,23,25)/b9-7+/t11-/m0/s1. The number of halogens is 3. The van der Waals surface area contributed by atoms with Gasteiger partial charge in [-0.25, -0.2) is 9.18 Å². The Hall–Kier alpha value is -2.57. The van der Waals surface area contributed by atoms with Gasteiger partial charge in [-0.3, -0.25) is 4.79 Å². The van der Waals surface area contributed by atoms with Crippen LogP contribution in [0.4, 0.5) is 10.1 Å². The molecule has 0 spiro atoms. The van der Waals surface area contributed by atoms with Gasteiger partial charge < -0.3 is 14.8 Å². The number of hydrogen-bond donors (Lipinski definition) is 1. The number of ether oxygens (including phenoxy) is 2. The molecule has 142 valence electrons. The van der Waals surface area contributed by atoms with Gasteiger partial charge in [0.25, 0.3) is 5.91 Å². The molecule has 1 atom stereocenters. The van der Waals surface area contributed by atoms with Crippen LogP contribution in [0, 0.1) is 5.82 Å². The summed E-state index contributed by atoms with van der Waals surface area (Å²) in [6.45, 7) is 1.40. The minimum Gasteiger partial charge on any atom is -0.495 e. The Morgan fingerprint density at radius 3 is 2.63 bits per heavy atom.